The predicted molar refractivity (Wildman–Crippen MR) is 117 cm³/mol. The largest absolute Gasteiger partial charge is 0.370 e. The van der Waals surface area contributed by atoms with E-state index in [1.54, 1.807) is 24.3 Å². The van der Waals surface area contributed by atoms with Crippen molar-refractivity contribution in [2.45, 2.75) is 46.2 Å². The number of hydrogen-bond donors (Lipinski definition) is 2. The van der Waals surface area contributed by atoms with Crippen LogP contribution in [0.5, 0.6) is 0 Å². The van der Waals surface area contributed by atoms with Gasteiger partial charge in [-0.1, -0.05) is 6.07 Å². The van der Waals surface area contributed by atoms with Gasteiger partial charge in [-0.2, -0.15) is 0 Å². The fourth-order valence-electron chi connectivity index (χ4n) is 3.52. The van der Waals surface area contributed by atoms with E-state index in [-0.39, 0.29) is 17.6 Å². The summed E-state index contributed by atoms with van der Waals surface area (Å²) >= 11 is 0. The minimum Gasteiger partial charge on any atom is -0.370 e. The molecule has 0 amide bonds. The lowest BCUT2D eigenvalue weighted by atomic mass is 10.1. The van der Waals surface area contributed by atoms with Crippen molar-refractivity contribution in [2.75, 3.05) is 43.9 Å². The topological polar surface area (TPSA) is 77.0 Å². The first kappa shape index (κ1) is 23.4. The van der Waals surface area contributed by atoms with E-state index in [9.17, 15) is 12.8 Å². The van der Waals surface area contributed by atoms with Crippen molar-refractivity contribution in [1.29, 1.82) is 0 Å². The number of nitrogens with zero attached hydrogens (tertiary/aromatic N) is 3. The molecule has 0 aliphatic carbocycles. The third kappa shape index (κ3) is 6.30. The van der Waals surface area contributed by atoms with Gasteiger partial charge in [-0.15, -0.1) is 0 Å². The van der Waals surface area contributed by atoms with Crippen LogP contribution in [0.4, 0.5) is 10.1 Å². The Hall–Kier alpha value is -1.87. The van der Waals surface area contributed by atoms with E-state index in [0.29, 0.717) is 31.3 Å². The molecule has 1 saturated heterocycles. The molecule has 1 heterocycles. The molecule has 1 aliphatic rings. The van der Waals surface area contributed by atoms with Crippen molar-refractivity contribution in [1.82, 2.24) is 14.9 Å². The van der Waals surface area contributed by atoms with Crippen molar-refractivity contribution in [3.05, 3.63) is 29.6 Å². The number of hydrogen-bond acceptors (Lipinski definition) is 4. The van der Waals surface area contributed by atoms with Gasteiger partial charge >= 0.3 is 0 Å². The van der Waals surface area contributed by atoms with E-state index in [2.05, 4.69) is 15.6 Å². The number of piperidine rings is 1. The highest BCUT2D eigenvalue weighted by molar-refractivity contribution is 7.89. The van der Waals surface area contributed by atoms with Gasteiger partial charge in [0, 0.05) is 45.8 Å². The highest BCUT2D eigenvalue weighted by Crippen LogP contribution is 2.20. The summed E-state index contributed by atoms with van der Waals surface area (Å²) < 4.78 is 39.9. The summed E-state index contributed by atoms with van der Waals surface area (Å²) in [5.74, 6) is 0.549. The molecule has 164 valence electrons. The summed E-state index contributed by atoms with van der Waals surface area (Å²) in [6.07, 6.45) is 1.46. The molecule has 0 atom stereocenters. The molecule has 7 nitrogen and oxygen atoms in total. The fourth-order valence-corrected chi connectivity index (χ4v) is 4.65. The van der Waals surface area contributed by atoms with Crippen LogP contribution in [0.15, 0.2) is 23.2 Å². The number of halogens is 1. The molecule has 0 bridgehead atoms. The number of rotatable bonds is 8. The first-order chi connectivity index (χ1) is 13.8. The van der Waals surface area contributed by atoms with E-state index in [4.69, 9.17) is 0 Å². The SMILES string of the molecule is CCN(CC)c1ccc(CNC(=NC)NC2CCN(S(=O)(=O)CC)CC2)cc1F. The molecule has 0 aromatic heterocycles. The molecule has 29 heavy (non-hydrogen) atoms. The molecule has 0 radical (unpaired) electrons. The smallest absolute Gasteiger partial charge is 0.213 e. The fraction of sp³-hybridized carbons (Fsp3) is 0.650. The van der Waals surface area contributed by atoms with Gasteiger partial charge in [0.25, 0.3) is 0 Å². The van der Waals surface area contributed by atoms with Gasteiger partial charge in [0.1, 0.15) is 5.82 Å². The number of nitrogens with one attached hydrogen (secondary N) is 2. The van der Waals surface area contributed by atoms with Crippen molar-refractivity contribution >= 4 is 21.7 Å². The van der Waals surface area contributed by atoms with Crippen molar-refractivity contribution in [2.24, 2.45) is 4.99 Å². The molecule has 2 rings (SSSR count). The molecule has 1 fully saturated rings. The van der Waals surface area contributed by atoms with E-state index in [1.807, 2.05) is 30.9 Å². The number of guanidine groups is 1. The number of aliphatic imine (C=N–C) groups is 1. The van der Waals surface area contributed by atoms with Crippen LogP contribution in [0.2, 0.25) is 0 Å². The number of anilines is 1. The monoisotopic (exact) mass is 427 g/mol. The molecular weight excluding hydrogens is 393 g/mol. The Labute approximate surface area is 174 Å². The van der Waals surface area contributed by atoms with Gasteiger partial charge < -0.3 is 15.5 Å². The second kappa shape index (κ2) is 10.8. The van der Waals surface area contributed by atoms with Crippen LogP contribution in [-0.4, -0.2) is 63.7 Å². The average molecular weight is 428 g/mol. The van der Waals surface area contributed by atoms with E-state index in [0.717, 1.165) is 31.5 Å². The van der Waals surface area contributed by atoms with Gasteiger partial charge in [-0.3, -0.25) is 4.99 Å². The Kier molecular flexibility index (Phi) is 8.70. The lowest BCUT2D eigenvalue weighted by molar-refractivity contribution is 0.306. The molecule has 1 aromatic carbocycles. The summed E-state index contributed by atoms with van der Waals surface area (Å²) in [6, 6.07) is 5.46. The highest BCUT2D eigenvalue weighted by atomic mass is 32.2. The second-order valence-corrected chi connectivity index (χ2v) is 9.36. The standard InChI is InChI=1S/C20H34FN5O2S/c1-5-25(6-2)19-9-8-16(14-18(19)21)15-23-20(22-4)24-17-10-12-26(13-11-17)29(27,28)7-3/h8-9,14,17H,5-7,10-13,15H2,1-4H3,(H2,22,23,24). The Morgan fingerprint density at radius 2 is 1.90 bits per heavy atom. The lowest BCUT2D eigenvalue weighted by Gasteiger charge is -2.32. The maximum Gasteiger partial charge on any atom is 0.213 e. The molecule has 0 unspecified atom stereocenters. The normalized spacial score (nSPS) is 16.7. The zero-order chi connectivity index (χ0) is 21.4. The zero-order valence-corrected chi connectivity index (χ0v) is 18.7. The minimum atomic E-state index is -3.12. The quantitative estimate of drug-likeness (QED) is 0.491. The van der Waals surface area contributed by atoms with Crippen LogP contribution in [0.1, 0.15) is 39.2 Å². The minimum absolute atomic E-state index is 0.137. The third-order valence-electron chi connectivity index (χ3n) is 5.35. The molecule has 9 heteroatoms. The maximum absolute atomic E-state index is 14.4. The van der Waals surface area contributed by atoms with Crippen LogP contribution in [0.25, 0.3) is 0 Å². The average Bonchev–Trinajstić information content (AvgIpc) is 2.73. The van der Waals surface area contributed by atoms with Gasteiger partial charge in [0.15, 0.2) is 5.96 Å². The molecule has 1 aromatic rings. The van der Waals surface area contributed by atoms with Gasteiger partial charge in [0.2, 0.25) is 10.0 Å². The first-order valence-corrected chi connectivity index (χ1v) is 11.9. The maximum atomic E-state index is 14.4. The summed E-state index contributed by atoms with van der Waals surface area (Å²) in [4.78, 5) is 6.22. The summed E-state index contributed by atoms with van der Waals surface area (Å²) in [6.45, 7) is 8.71. The van der Waals surface area contributed by atoms with Crippen molar-refractivity contribution in [3.63, 3.8) is 0 Å². The summed E-state index contributed by atoms with van der Waals surface area (Å²) in [5, 5.41) is 6.56. The van der Waals surface area contributed by atoms with Crippen LogP contribution >= 0.6 is 0 Å². The molecule has 1 aliphatic heterocycles. The Balaban J connectivity index is 1.88. The third-order valence-corrected chi connectivity index (χ3v) is 7.23. The molecule has 0 saturated carbocycles. The van der Waals surface area contributed by atoms with Crippen molar-refractivity contribution in [3.8, 4) is 0 Å². The molecule has 0 spiro atoms. The Bertz CT molecular complexity index is 788. The summed E-state index contributed by atoms with van der Waals surface area (Å²) in [7, 11) is -1.43. The number of sulfonamides is 1. The molecular formula is C20H34FN5O2S. The first-order valence-electron chi connectivity index (χ1n) is 10.3. The van der Waals surface area contributed by atoms with E-state index in [1.165, 1.54) is 0 Å². The van der Waals surface area contributed by atoms with E-state index >= 15 is 0 Å². The predicted octanol–water partition coefficient (Wildman–Crippen LogP) is 2.15. The van der Waals surface area contributed by atoms with Gasteiger partial charge in [0.05, 0.1) is 11.4 Å². The van der Waals surface area contributed by atoms with Crippen LogP contribution in [0.3, 0.4) is 0 Å². The van der Waals surface area contributed by atoms with Crippen LogP contribution < -0.4 is 15.5 Å². The zero-order valence-electron chi connectivity index (χ0n) is 17.9. The van der Waals surface area contributed by atoms with Gasteiger partial charge in [-0.05, 0) is 51.3 Å². The summed E-state index contributed by atoms with van der Waals surface area (Å²) in [5.41, 5.74) is 1.46. The van der Waals surface area contributed by atoms with Crippen LogP contribution in [-0.2, 0) is 16.6 Å². The van der Waals surface area contributed by atoms with Crippen LogP contribution in [0, 0.1) is 5.82 Å². The lowest BCUT2D eigenvalue weighted by Crippen LogP contribution is -2.49. The number of benzene rings is 1. The molecule has 2 N–H and O–H groups in total. The van der Waals surface area contributed by atoms with Gasteiger partial charge in [-0.25, -0.2) is 17.1 Å². The van der Waals surface area contributed by atoms with E-state index < -0.39 is 10.0 Å². The highest BCUT2D eigenvalue weighted by Gasteiger charge is 2.27. The Morgan fingerprint density at radius 3 is 2.41 bits per heavy atom. The van der Waals surface area contributed by atoms with Crippen molar-refractivity contribution < 1.29 is 12.8 Å². The second-order valence-electron chi connectivity index (χ2n) is 7.10. The Morgan fingerprint density at radius 1 is 1.24 bits per heavy atom.